The van der Waals surface area contributed by atoms with Gasteiger partial charge in [0.1, 0.15) is 6.61 Å². The summed E-state index contributed by atoms with van der Waals surface area (Å²) in [5.74, 6) is -0.242. The van der Waals surface area contributed by atoms with Gasteiger partial charge >= 0.3 is 5.97 Å². The topological polar surface area (TPSA) is 60.4 Å². The first-order valence-corrected chi connectivity index (χ1v) is 9.54. The third-order valence-electron chi connectivity index (χ3n) is 4.42. The fraction of sp³-hybridized carbons (Fsp3) is 0.500. The van der Waals surface area contributed by atoms with Crippen LogP contribution in [-0.4, -0.2) is 20.6 Å². The predicted octanol–water partition coefficient (Wildman–Crippen LogP) is 3.37. The molecular formula is C18H24O4S. The molecule has 0 bridgehead atoms. The van der Waals surface area contributed by atoms with Crippen molar-refractivity contribution < 1.29 is 17.9 Å². The van der Waals surface area contributed by atoms with Crippen LogP contribution in [-0.2, 0) is 26.0 Å². The highest BCUT2D eigenvalue weighted by molar-refractivity contribution is 7.90. The van der Waals surface area contributed by atoms with Crippen LogP contribution in [0.4, 0.5) is 0 Å². The van der Waals surface area contributed by atoms with E-state index in [0.717, 1.165) is 6.26 Å². The van der Waals surface area contributed by atoms with Crippen LogP contribution in [0.3, 0.4) is 0 Å². The van der Waals surface area contributed by atoms with E-state index >= 15 is 0 Å². The Morgan fingerprint density at radius 2 is 1.87 bits per heavy atom. The van der Waals surface area contributed by atoms with Crippen molar-refractivity contribution in [1.29, 1.82) is 0 Å². The lowest BCUT2D eigenvalue weighted by Crippen LogP contribution is -2.12. The highest BCUT2D eigenvalue weighted by atomic mass is 32.2. The second-order valence-corrected chi connectivity index (χ2v) is 9.04. The van der Waals surface area contributed by atoms with Gasteiger partial charge in [0, 0.05) is 11.8 Å². The Balaban J connectivity index is 2.09. The van der Waals surface area contributed by atoms with Crippen molar-refractivity contribution >= 4 is 15.8 Å². The van der Waals surface area contributed by atoms with Gasteiger partial charge in [-0.25, -0.2) is 8.42 Å². The van der Waals surface area contributed by atoms with E-state index < -0.39 is 9.84 Å². The zero-order valence-electron chi connectivity index (χ0n) is 14.3. The quantitative estimate of drug-likeness (QED) is 0.611. The van der Waals surface area contributed by atoms with Crippen LogP contribution in [0.1, 0.15) is 33.3 Å². The fourth-order valence-corrected chi connectivity index (χ4v) is 3.95. The van der Waals surface area contributed by atoms with E-state index in [-0.39, 0.29) is 34.7 Å². The Morgan fingerprint density at radius 1 is 1.26 bits per heavy atom. The number of carbonyl (C=O) groups excluding carboxylic acids is 1. The average molecular weight is 336 g/mol. The van der Waals surface area contributed by atoms with Crippen LogP contribution in [0, 0.1) is 17.3 Å². The number of allylic oxidation sites excluding steroid dienone is 2. The highest BCUT2D eigenvalue weighted by Gasteiger charge is 2.61. The summed E-state index contributed by atoms with van der Waals surface area (Å²) in [5, 5.41) is 0. The molecule has 1 aliphatic carbocycles. The van der Waals surface area contributed by atoms with Crippen molar-refractivity contribution in [2.24, 2.45) is 17.3 Å². The lowest BCUT2D eigenvalue weighted by atomic mass is 10.1. The lowest BCUT2D eigenvalue weighted by Gasteiger charge is -2.09. The van der Waals surface area contributed by atoms with Crippen LogP contribution >= 0.6 is 0 Å². The van der Waals surface area contributed by atoms with E-state index in [1.54, 1.807) is 18.2 Å². The van der Waals surface area contributed by atoms with Gasteiger partial charge in [-0.05, 0) is 31.2 Å². The van der Waals surface area contributed by atoms with E-state index in [1.807, 2.05) is 27.7 Å². The summed E-state index contributed by atoms with van der Waals surface area (Å²) in [6.07, 6.45) is 3.26. The molecule has 2 atom stereocenters. The monoisotopic (exact) mass is 336 g/mol. The molecular weight excluding hydrogens is 312 g/mol. The van der Waals surface area contributed by atoms with Gasteiger partial charge in [-0.1, -0.05) is 43.7 Å². The van der Waals surface area contributed by atoms with Gasteiger partial charge in [-0.2, -0.15) is 0 Å². The van der Waals surface area contributed by atoms with Crippen molar-refractivity contribution in [2.75, 3.05) is 6.26 Å². The molecule has 5 heteroatoms. The van der Waals surface area contributed by atoms with Gasteiger partial charge in [0.15, 0.2) is 9.84 Å². The number of carbonyl (C=O) groups is 1. The average Bonchev–Trinajstić information content (AvgIpc) is 2.95. The summed E-state index contributed by atoms with van der Waals surface area (Å²) >= 11 is 0. The molecule has 1 saturated carbocycles. The lowest BCUT2D eigenvalue weighted by molar-refractivity contribution is -0.147. The van der Waals surface area contributed by atoms with Crippen molar-refractivity contribution in [3.05, 3.63) is 41.5 Å². The molecule has 0 heterocycles. The largest absolute Gasteiger partial charge is 0.461 e. The first-order valence-electron chi connectivity index (χ1n) is 7.64. The highest BCUT2D eigenvalue weighted by Crippen LogP contribution is 2.59. The molecule has 2 unspecified atom stereocenters. The first-order chi connectivity index (χ1) is 10.5. The molecule has 1 aliphatic rings. The molecule has 0 N–H and O–H groups in total. The van der Waals surface area contributed by atoms with Gasteiger partial charge < -0.3 is 4.74 Å². The summed E-state index contributed by atoms with van der Waals surface area (Å²) in [6.45, 7) is 8.11. The van der Waals surface area contributed by atoms with Crippen LogP contribution in [0.5, 0.6) is 0 Å². The fourth-order valence-electron chi connectivity index (χ4n) is 3.02. The third kappa shape index (κ3) is 3.83. The van der Waals surface area contributed by atoms with Gasteiger partial charge in [-0.3, -0.25) is 4.79 Å². The number of benzene rings is 1. The smallest absolute Gasteiger partial charge is 0.310 e. The Labute approximate surface area is 138 Å². The maximum Gasteiger partial charge on any atom is 0.310 e. The zero-order valence-corrected chi connectivity index (χ0v) is 15.1. The molecule has 2 rings (SSSR count). The number of sulfone groups is 1. The number of esters is 1. The van der Waals surface area contributed by atoms with E-state index in [0.29, 0.717) is 5.56 Å². The molecule has 0 saturated heterocycles. The molecule has 0 amide bonds. The minimum atomic E-state index is -3.34. The molecule has 0 aromatic heterocycles. The first kappa shape index (κ1) is 17.7. The van der Waals surface area contributed by atoms with Crippen LogP contribution in [0.25, 0.3) is 0 Å². The summed E-state index contributed by atoms with van der Waals surface area (Å²) in [4.78, 5) is 12.6. The molecule has 23 heavy (non-hydrogen) atoms. The van der Waals surface area contributed by atoms with Gasteiger partial charge in [0.25, 0.3) is 0 Å². The third-order valence-corrected chi connectivity index (χ3v) is 5.62. The van der Waals surface area contributed by atoms with Crippen molar-refractivity contribution in [1.82, 2.24) is 0 Å². The van der Waals surface area contributed by atoms with E-state index in [4.69, 9.17) is 4.74 Å². The Morgan fingerprint density at radius 3 is 2.43 bits per heavy atom. The Kier molecular flexibility index (Phi) is 4.71. The van der Waals surface area contributed by atoms with Gasteiger partial charge in [0.05, 0.1) is 10.8 Å². The van der Waals surface area contributed by atoms with Crippen molar-refractivity contribution in [3.63, 3.8) is 0 Å². The van der Waals surface area contributed by atoms with Gasteiger partial charge in [-0.15, -0.1) is 0 Å². The number of ether oxygens (including phenoxy) is 1. The van der Waals surface area contributed by atoms with Crippen LogP contribution in [0.15, 0.2) is 40.8 Å². The molecule has 4 nitrogen and oxygen atoms in total. The van der Waals surface area contributed by atoms with Crippen molar-refractivity contribution in [2.45, 2.75) is 39.2 Å². The maximum atomic E-state index is 12.3. The second-order valence-electron chi connectivity index (χ2n) is 7.06. The molecule has 0 spiro atoms. The number of hydrogen-bond acceptors (Lipinski definition) is 4. The van der Waals surface area contributed by atoms with Crippen molar-refractivity contribution in [3.8, 4) is 0 Å². The van der Waals surface area contributed by atoms with E-state index in [2.05, 4.69) is 6.08 Å². The summed E-state index contributed by atoms with van der Waals surface area (Å²) in [5.41, 5.74) is 1.59. The summed E-state index contributed by atoms with van der Waals surface area (Å²) in [6, 6.07) is 6.61. The van der Waals surface area contributed by atoms with Crippen LogP contribution < -0.4 is 0 Å². The second kappa shape index (κ2) is 6.11. The molecule has 1 fully saturated rings. The molecule has 1 aromatic carbocycles. The molecule has 126 valence electrons. The number of rotatable bonds is 5. The van der Waals surface area contributed by atoms with Gasteiger partial charge in [0.2, 0.25) is 0 Å². The van der Waals surface area contributed by atoms with E-state index in [9.17, 15) is 13.2 Å². The molecule has 1 aromatic rings. The SMILES string of the molecule is CC(C)=CC1C(C(=O)OCc2ccccc2S(C)(=O)=O)C1(C)C. The molecule has 0 aliphatic heterocycles. The summed E-state index contributed by atoms with van der Waals surface area (Å²) < 4.78 is 28.9. The predicted molar refractivity (Wildman–Crippen MR) is 89.5 cm³/mol. The maximum absolute atomic E-state index is 12.3. The molecule has 0 radical (unpaired) electrons. The van der Waals surface area contributed by atoms with Crippen LogP contribution in [0.2, 0.25) is 0 Å². The number of hydrogen-bond donors (Lipinski definition) is 0. The standard InChI is InChI=1S/C18H24O4S/c1-12(2)10-14-16(18(14,3)4)17(19)22-11-13-8-6-7-9-15(13)23(5,20)21/h6-10,14,16H,11H2,1-5H3. The minimum absolute atomic E-state index is 0.0177. The Bertz CT molecular complexity index is 740. The minimum Gasteiger partial charge on any atom is -0.461 e. The summed E-state index contributed by atoms with van der Waals surface area (Å²) in [7, 11) is -3.34. The Hall–Kier alpha value is -1.62. The normalized spacial score (nSPS) is 22.3. The zero-order chi connectivity index (χ0) is 17.4. The van der Waals surface area contributed by atoms with E-state index in [1.165, 1.54) is 11.6 Å².